The number of phenols is 1. The monoisotopic (exact) mass is 257 g/mol. The van der Waals surface area contributed by atoms with Crippen molar-refractivity contribution in [2.24, 2.45) is 0 Å². The average molecular weight is 258 g/mol. The van der Waals surface area contributed by atoms with Crippen LogP contribution in [0.25, 0.3) is 22.2 Å². The number of hydrogen-bond donors (Lipinski definition) is 2. The molecule has 2 aromatic carbocycles. The summed E-state index contributed by atoms with van der Waals surface area (Å²) in [5.74, 6) is 0.186. The molecular weight excluding hydrogens is 246 g/mol. The molecule has 3 rings (SSSR count). The highest BCUT2D eigenvalue weighted by Gasteiger charge is 2.08. The van der Waals surface area contributed by atoms with Gasteiger partial charge in [0.15, 0.2) is 0 Å². The summed E-state index contributed by atoms with van der Waals surface area (Å²) < 4.78 is 0. The molecule has 18 heavy (non-hydrogen) atoms. The number of aromatic hydroxyl groups is 1. The number of phenolic OH excluding ortho intramolecular Hbond substituents is 1. The highest BCUT2D eigenvalue weighted by atomic mass is 35.5. The van der Waals surface area contributed by atoms with Crippen molar-refractivity contribution in [2.75, 3.05) is 0 Å². The minimum Gasteiger partial charge on any atom is -0.507 e. The molecule has 0 aliphatic carbocycles. The molecule has 0 radical (unpaired) electrons. The average Bonchev–Trinajstić information content (AvgIpc) is 2.71. The van der Waals surface area contributed by atoms with Crippen molar-refractivity contribution in [3.63, 3.8) is 0 Å². The van der Waals surface area contributed by atoms with E-state index < -0.39 is 0 Å². The summed E-state index contributed by atoms with van der Waals surface area (Å²) in [4.78, 5) is 3.30. The lowest BCUT2D eigenvalue weighted by atomic mass is 10.1. The van der Waals surface area contributed by atoms with Crippen molar-refractivity contribution in [1.82, 2.24) is 4.98 Å². The minimum atomic E-state index is 0.186. The van der Waals surface area contributed by atoms with E-state index in [0.29, 0.717) is 5.02 Å². The Labute approximate surface area is 110 Å². The Bertz CT molecular complexity index is 730. The Morgan fingerprint density at radius 3 is 2.67 bits per heavy atom. The fraction of sp³-hybridized carbons (Fsp3) is 0.0667. The number of H-pyrrole nitrogens is 1. The normalized spacial score (nSPS) is 11.0. The number of rotatable bonds is 1. The fourth-order valence-electron chi connectivity index (χ4n) is 2.13. The van der Waals surface area contributed by atoms with Crippen LogP contribution in [-0.4, -0.2) is 10.1 Å². The number of benzene rings is 2. The van der Waals surface area contributed by atoms with Gasteiger partial charge in [0.25, 0.3) is 0 Å². The summed E-state index contributed by atoms with van der Waals surface area (Å²) >= 11 is 5.83. The van der Waals surface area contributed by atoms with Gasteiger partial charge in [0.1, 0.15) is 5.75 Å². The molecule has 0 aliphatic heterocycles. The van der Waals surface area contributed by atoms with Crippen LogP contribution < -0.4 is 0 Å². The lowest BCUT2D eigenvalue weighted by Crippen LogP contribution is -1.78. The number of hydrogen-bond acceptors (Lipinski definition) is 1. The Hall–Kier alpha value is -1.93. The summed E-state index contributed by atoms with van der Waals surface area (Å²) in [7, 11) is 0. The van der Waals surface area contributed by atoms with Crippen molar-refractivity contribution in [2.45, 2.75) is 6.92 Å². The van der Waals surface area contributed by atoms with Gasteiger partial charge in [-0.3, -0.25) is 0 Å². The van der Waals surface area contributed by atoms with Crippen LogP contribution in [0.2, 0.25) is 5.02 Å². The fourth-order valence-corrected chi connectivity index (χ4v) is 2.30. The Kier molecular flexibility index (Phi) is 2.53. The molecule has 0 aliphatic rings. The number of aromatic amines is 1. The maximum absolute atomic E-state index is 9.92. The molecule has 0 fully saturated rings. The Morgan fingerprint density at radius 1 is 1.06 bits per heavy atom. The molecular formula is C15H12ClNO. The molecule has 1 aromatic heterocycles. The second-order valence-electron chi connectivity index (χ2n) is 4.44. The molecule has 0 atom stereocenters. The van der Waals surface area contributed by atoms with Crippen LogP contribution in [-0.2, 0) is 0 Å². The van der Waals surface area contributed by atoms with Crippen LogP contribution in [0, 0.1) is 6.92 Å². The third-order valence-corrected chi connectivity index (χ3v) is 3.26. The zero-order valence-corrected chi connectivity index (χ0v) is 10.6. The number of nitrogens with one attached hydrogen (secondary N) is 1. The van der Waals surface area contributed by atoms with E-state index in [9.17, 15) is 5.11 Å². The summed E-state index contributed by atoms with van der Waals surface area (Å²) in [6.07, 6.45) is 0. The number of fused-ring (bicyclic) bond motifs is 1. The number of halogens is 1. The van der Waals surface area contributed by atoms with Crippen molar-refractivity contribution >= 4 is 22.5 Å². The lowest BCUT2D eigenvalue weighted by molar-refractivity contribution is 0.477. The van der Waals surface area contributed by atoms with E-state index in [1.54, 1.807) is 12.1 Å². The van der Waals surface area contributed by atoms with Gasteiger partial charge in [0.2, 0.25) is 0 Å². The van der Waals surface area contributed by atoms with Gasteiger partial charge >= 0.3 is 0 Å². The molecule has 0 saturated carbocycles. The van der Waals surface area contributed by atoms with E-state index in [1.165, 1.54) is 5.56 Å². The van der Waals surface area contributed by atoms with E-state index in [1.807, 2.05) is 18.2 Å². The molecule has 90 valence electrons. The molecule has 3 aromatic rings. The summed E-state index contributed by atoms with van der Waals surface area (Å²) in [6.45, 7) is 2.06. The number of aryl methyl sites for hydroxylation is 1. The standard InChI is InChI=1S/C15H12ClNO/c1-9-2-5-13-10(6-9)7-14(17-13)12-4-3-11(16)8-15(12)18/h2-8,17-18H,1H3. The van der Waals surface area contributed by atoms with E-state index in [-0.39, 0.29) is 5.75 Å². The lowest BCUT2D eigenvalue weighted by Gasteiger charge is -2.01. The zero-order valence-electron chi connectivity index (χ0n) is 9.87. The molecule has 0 bridgehead atoms. The van der Waals surface area contributed by atoms with E-state index >= 15 is 0 Å². The predicted octanol–water partition coefficient (Wildman–Crippen LogP) is 4.50. The Morgan fingerprint density at radius 2 is 1.89 bits per heavy atom. The van der Waals surface area contributed by atoms with E-state index in [0.717, 1.165) is 22.2 Å². The van der Waals surface area contributed by atoms with Gasteiger partial charge in [-0.25, -0.2) is 0 Å². The summed E-state index contributed by atoms with van der Waals surface area (Å²) in [5, 5.41) is 11.6. The predicted molar refractivity (Wildman–Crippen MR) is 75.1 cm³/mol. The minimum absolute atomic E-state index is 0.186. The third-order valence-electron chi connectivity index (χ3n) is 3.03. The van der Waals surface area contributed by atoms with E-state index in [2.05, 4.69) is 24.0 Å². The molecule has 0 spiro atoms. The smallest absolute Gasteiger partial charge is 0.126 e. The molecule has 1 heterocycles. The van der Waals surface area contributed by atoms with Crippen LogP contribution in [0.1, 0.15) is 5.56 Å². The van der Waals surface area contributed by atoms with Crippen molar-refractivity contribution < 1.29 is 5.11 Å². The van der Waals surface area contributed by atoms with Gasteiger partial charge in [0, 0.05) is 21.5 Å². The van der Waals surface area contributed by atoms with Crippen molar-refractivity contribution in [3.05, 3.63) is 53.1 Å². The third kappa shape index (κ3) is 1.85. The summed E-state index contributed by atoms with van der Waals surface area (Å²) in [6, 6.07) is 13.4. The van der Waals surface area contributed by atoms with Gasteiger partial charge in [-0.15, -0.1) is 0 Å². The topological polar surface area (TPSA) is 36.0 Å². The maximum atomic E-state index is 9.92. The maximum Gasteiger partial charge on any atom is 0.126 e. The number of aromatic nitrogens is 1. The first-order valence-corrected chi connectivity index (χ1v) is 6.09. The molecule has 2 nitrogen and oxygen atoms in total. The SMILES string of the molecule is Cc1ccc2[nH]c(-c3ccc(Cl)cc3O)cc2c1. The largest absolute Gasteiger partial charge is 0.507 e. The van der Waals surface area contributed by atoms with Gasteiger partial charge in [-0.2, -0.15) is 0 Å². The molecule has 0 saturated heterocycles. The second kappa shape index (κ2) is 4.07. The molecule has 2 N–H and O–H groups in total. The van der Waals surface area contributed by atoms with Crippen LogP contribution in [0.3, 0.4) is 0 Å². The molecule has 0 unspecified atom stereocenters. The first-order valence-electron chi connectivity index (χ1n) is 5.72. The first-order chi connectivity index (χ1) is 8.63. The van der Waals surface area contributed by atoms with Crippen molar-refractivity contribution in [1.29, 1.82) is 0 Å². The van der Waals surface area contributed by atoms with Crippen LogP contribution in [0.15, 0.2) is 42.5 Å². The van der Waals surface area contributed by atoms with Crippen LogP contribution in [0.5, 0.6) is 5.75 Å². The summed E-state index contributed by atoms with van der Waals surface area (Å²) in [5.41, 5.74) is 3.93. The van der Waals surface area contributed by atoms with Gasteiger partial charge in [-0.1, -0.05) is 23.2 Å². The first kappa shape index (κ1) is 11.2. The molecule has 3 heteroatoms. The van der Waals surface area contributed by atoms with Gasteiger partial charge in [-0.05, 0) is 43.3 Å². The zero-order chi connectivity index (χ0) is 12.7. The van der Waals surface area contributed by atoms with Crippen LogP contribution in [0.4, 0.5) is 0 Å². The quantitative estimate of drug-likeness (QED) is 0.661. The Balaban J connectivity index is 2.19. The van der Waals surface area contributed by atoms with Gasteiger partial charge in [0.05, 0.1) is 5.69 Å². The highest BCUT2D eigenvalue weighted by molar-refractivity contribution is 6.30. The van der Waals surface area contributed by atoms with Gasteiger partial charge < -0.3 is 10.1 Å². The highest BCUT2D eigenvalue weighted by Crippen LogP contribution is 2.32. The van der Waals surface area contributed by atoms with Crippen molar-refractivity contribution in [3.8, 4) is 17.0 Å². The van der Waals surface area contributed by atoms with Crippen LogP contribution >= 0.6 is 11.6 Å². The van der Waals surface area contributed by atoms with E-state index in [4.69, 9.17) is 11.6 Å². The second-order valence-corrected chi connectivity index (χ2v) is 4.87. The molecule has 0 amide bonds.